The molecule has 4 aliphatic heterocycles. The van der Waals surface area contributed by atoms with Gasteiger partial charge in [-0.05, 0) is 37.5 Å². The summed E-state index contributed by atoms with van der Waals surface area (Å²) in [5, 5.41) is 2.94. The van der Waals surface area contributed by atoms with Gasteiger partial charge in [0.05, 0.1) is 18.0 Å². The van der Waals surface area contributed by atoms with Crippen molar-refractivity contribution in [2.45, 2.75) is 51.3 Å². The molecule has 4 heterocycles. The first kappa shape index (κ1) is 25.4. The molecule has 1 aromatic carbocycles. The number of nitrogens with two attached hydrogens (primary N) is 1. The van der Waals surface area contributed by atoms with Crippen molar-refractivity contribution >= 4 is 21.6 Å². The molecule has 9 heteroatoms. The van der Waals surface area contributed by atoms with Gasteiger partial charge in [0.25, 0.3) is 5.91 Å². The van der Waals surface area contributed by atoms with Crippen LogP contribution >= 0.6 is 0 Å². The van der Waals surface area contributed by atoms with E-state index < -0.39 is 10.0 Å². The van der Waals surface area contributed by atoms with E-state index >= 15 is 0 Å². The van der Waals surface area contributed by atoms with Crippen molar-refractivity contribution in [1.29, 1.82) is 0 Å². The maximum Gasteiger partial charge on any atom is 0.275 e. The molecule has 5 rings (SSSR count). The summed E-state index contributed by atoms with van der Waals surface area (Å²) in [7, 11) is -3.31. The molecular weight excluding hydrogens is 450 g/mol. The lowest BCUT2D eigenvalue weighted by Crippen LogP contribution is -2.76. The molecule has 3 fully saturated rings. The first-order chi connectivity index (χ1) is 16.1. The number of carbonyl (C=O) groups excluding carboxylic acids is 1. The second-order valence-corrected chi connectivity index (χ2v) is 12.8. The SMILES string of the molecule is CCCC(C[N+]12CC[N+](CC(=O)NCCN)(CC1)CC2)c1cccc2c1CS(=O)(=O)N2C(C)C. The summed E-state index contributed by atoms with van der Waals surface area (Å²) >= 11 is 0. The maximum atomic E-state index is 13.0. The van der Waals surface area contributed by atoms with Gasteiger partial charge in [-0.2, -0.15) is 0 Å². The summed E-state index contributed by atoms with van der Waals surface area (Å²) in [6.45, 7) is 15.2. The molecule has 2 bridgehead atoms. The second kappa shape index (κ2) is 9.76. The van der Waals surface area contributed by atoms with E-state index in [0.717, 1.165) is 78.9 Å². The molecule has 34 heavy (non-hydrogen) atoms. The summed E-state index contributed by atoms with van der Waals surface area (Å²) in [5.74, 6) is 0.592. The van der Waals surface area contributed by atoms with Crippen LogP contribution < -0.4 is 15.4 Å². The Hall–Kier alpha value is -1.68. The maximum absolute atomic E-state index is 13.0. The van der Waals surface area contributed by atoms with E-state index in [-0.39, 0.29) is 17.7 Å². The van der Waals surface area contributed by atoms with E-state index in [4.69, 9.17) is 5.73 Å². The smallest absolute Gasteiger partial charge is 0.275 e. The molecule has 1 atom stereocenters. The molecule has 1 amide bonds. The van der Waals surface area contributed by atoms with Gasteiger partial charge in [-0.15, -0.1) is 0 Å². The lowest BCUT2D eigenvalue weighted by molar-refractivity contribution is -1.08. The van der Waals surface area contributed by atoms with Gasteiger partial charge in [0.15, 0.2) is 6.54 Å². The summed E-state index contributed by atoms with van der Waals surface area (Å²) in [5.41, 5.74) is 8.66. The molecule has 4 aliphatic rings. The third-order valence-electron chi connectivity index (χ3n) is 8.30. The van der Waals surface area contributed by atoms with Crippen molar-refractivity contribution in [3.63, 3.8) is 0 Å². The molecule has 0 aromatic heterocycles. The van der Waals surface area contributed by atoms with Crippen molar-refractivity contribution in [2.75, 3.05) is 69.8 Å². The van der Waals surface area contributed by atoms with Gasteiger partial charge in [0.1, 0.15) is 39.3 Å². The van der Waals surface area contributed by atoms with E-state index in [2.05, 4.69) is 18.3 Å². The van der Waals surface area contributed by atoms with Gasteiger partial charge < -0.3 is 20.0 Å². The normalized spacial score (nSPS) is 28.2. The highest BCUT2D eigenvalue weighted by atomic mass is 32.2. The number of anilines is 1. The minimum absolute atomic E-state index is 0.0786. The van der Waals surface area contributed by atoms with Crippen molar-refractivity contribution in [2.24, 2.45) is 5.73 Å². The van der Waals surface area contributed by atoms with E-state index in [1.165, 1.54) is 5.56 Å². The summed E-state index contributed by atoms with van der Waals surface area (Å²) in [6, 6.07) is 6.11. The fourth-order valence-electron chi connectivity index (χ4n) is 6.53. The number of carbonyl (C=O) groups is 1. The highest BCUT2D eigenvalue weighted by molar-refractivity contribution is 7.92. The van der Waals surface area contributed by atoms with Crippen LogP contribution in [-0.4, -0.2) is 94.8 Å². The van der Waals surface area contributed by atoms with Gasteiger partial charge >= 0.3 is 0 Å². The third kappa shape index (κ3) is 4.85. The zero-order chi connectivity index (χ0) is 24.6. The lowest BCUT2D eigenvalue weighted by atomic mass is 9.88. The standard InChI is InChI=1S/C25H42N5O3S/c1-4-6-21(22-7-5-8-24-23(22)19-34(32,33)28(24)20(2)3)17-29-11-14-30(15-12-29,16-13-29)18-25(31)27-10-9-26/h5,7-8,20-21H,4,6,9-19,26H2,1-3H3/q+1/p+1. The fraction of sp³-hybridized carbons (Fsp3) is 0.720. The quantitative estimate of drug-likeness (QED) is 0.482. The Labute approximate surface area is 205 Å². The summed E-state index contributed by atoms with van der Waals surface area (Å²) in [4.78, 5) is 12.4. The van der Waals surface area contributed by atoms with E-state index in [1.807, 2.05) is 26.0 Å². The van der Waals surface area contributed by atoms with Crippen molar-refractivity contribution in [1.82, 2.24) is 5.32 Å². The first-order valence-corrected chi connectivity index (χ1v) is 14.6. The van der Waals surface area contributed by atoms with Crippen LogP contribution in [0.2, 0.25) is 0 Å². The number of quaternary nitrogens is 2. The lowest BCUT2D eigenvalue weighted by Gasteiger charge is -2.56. The Morgan fingerprint density at radius 1 is 1.12 bits per heavy atom. The molecule has 3 N–H and O–H groups in total. The number of benzene rings is 1. The number of hydrogen-bond donors (Lipinski definition) is 2. The molecule has 8 nitrogen and oxygen atoms in total. The molecule has 0 aliphatic carbocycles. The Balaban J connectivity index is 1.52. The summed E-state index contributed by atoms with van der Waals surface area (Å²) in [6.07, 6.45) is 2.15. The van der Waals surface area contributed by atoms with E-state index in [0.29, 0.717) is 25.6 Å². The monoisotopic (exact) mass is 493 g/mol. The number of hydrogen-bond acceptors (Lipinski definition) is 4. The molecule has 3 saturated heterocycles. The van der Waals surface area contributed by atoms with Crippen LogP contribution in [-0.2, 0) is 20.6 Å². The zero-order valence-corrected chi connectivity index (χ0v) is 21.9. The Bertz CT molecular complexity index is 985. The fourth-order valence-corrected chi connectivity index (χ4v) is 8.46. The predicted octanol–water partition coefficient (Wildman–Crippen LogP) is 1.36. The predicted molar refractivity (Wildman–Crippen MR) is 136 cm³/mol. The average molecular weight is 494 g/mol. The Kier molecular flexibility index (Phi) is 7.29. The van der Waals surface area contributed by atoms with Crippen LogP contribution in [0, 0.1) is 0 Å². The third-order valence-corrected chi connectivity index (χ3v) is 10.2. The highest BCUT2D eigenvalue weighted by Crippen LogP contribution is 2.42. The van der Waals surface area contributed by atoms with Crippen LogP contribution in [0.4, 0.5) is 5.69 Å². The number of amides is 1. The largest absolute Gasteiger partial charge is 0.350 e. The minimum Gasteiger partial charge on any atom is -0.350 e. The first-order valence-electron chi connectivity index (χ1n) is 13.0. The number of piperazine rings is 3. The molecule has 0 saturated carbocycles. The number of nitrogens with zero attached hydrogens (tertiary/aromatic N) is 3. The van der Waals surface area contributed by atoms with E-state index in [1.54, 1.807) is 4.31 Å². The number of rotatable bonds is 10. The minimum atomic E-state index is -3.31. The zero-order valence-electron chi connectivity index (χ0n) is 21.1. The number of sulfonamides is 1. The van der Waals surface area contributed by atoms with Gasteiger partial charge in [0, 0.05) is 25.0 Å². The Morgan fingerprint density at radius 2 is 1.76 bits per heavy atom. The van der Waals surface area contributed by atoms with Crippen LogP contribution in [0.5, 0.6) is 0 Å². The van der Waals surface area contributed by atoms with Crippen LogP contribution in [0.15, 0.2) is 18.2 Å². The van der Waals surface area contributed by atoms with Gasteiger partial charge in [-0.1, -0.05) is 25.5 Å². The molecule has 0 spiro atoms. The highest BCUT2D eigenvalue weighted by Gasteiger charge is 2.50. The molecule has 190 valence electrons. The second-order valence-electron chi connectivity index (χ2n) is 11.0. The summed E-state index contributed by atoms with van der Waals surface area (Å²) < 4.78 is 29.6. The average Bonchev–Trinajstić information content (AvgIpc) is 3.08. The van der Waals surface area contributed by atoms with E-state index in [9.17, 15) is 13.2 Å². The van der Waals surface area contributed by atoms with Crippen molar-refractivity contribution in [3.05, 3.63) is 29.3 Å². The van der Waals surface area contributed by atoms with Gasteiger partial charge in [-0.3, -0.25) is 9.10 Å². The van der Waals surface area contributed by atoms with Crippen molar-refractivity contribution in [3.8, 4) is 0 Å². The van der Waals surface area contributed by atoms with Crippen molar-refractivity contribution < 1.29 is 22.2 Å². The number of nitrogens with one attached hydrogen (secondary N) is 1. The number of fused-ring (bicyclic) bond motifs is 4. The molecular formula is C25H43N5O3S+2. The topological polar surface area (TPSA) is 92.5 Å². The molecule has 0 radical (unpaired) electrons. The van der Waals surface area contributed by atoms with Crippen LogP contribution in [0.3, 0.4) is 0 Å². The Morgan fingerprint density at radius 3 is 2.35 bits per heavy atom. The van der Waals surface area contributed by atoms with Crippen LogP contribution in [0.25, 0.3) is 0 Å². The molecule has 1 aromatic rings. The van der Waals surface area contributed by atoms with Gasteiger partial charge in [0.2, 0.25) is 10.0 Å². The molecule has 1 unspecified atom stereocenters. The van der Waals surface area contributed by atoms with Gasteiger partial charge in [-0.25, -0.2) is 8.42 Å². The van der Waals surface area contributed by atoms with Crippen LogP contribution in [0.1, 0.15) is 50.7 Å².